The van der Waals surface area contributed by atoms with Gasteiger partial charge in [0.05, 0.1) is 22.6 Å². The molecule has 4 aromatic carbocycles. The summed E-state index contributed by atoms with van der Waals surface area (Å²) in [6, 6.07) is 47.7. The molecule has 1 aliphatic heterocycles. The summed E-state index contributed by atoms with van der Waals surface area (Å²) in [4.78, 5) is 17.9. The Morgan fingerprint density at radius 2 is 0.919 bits per heavy atom. The van der Waals surface area contributed by atoms with Crippen LogP contribution < -0.4 is 67.0 Å². The molecule has 8 saturated carbocycles. The van der Waals surface area contributed by atoms with E-state index in [2.05, 4.69) is 161 Å². The molecule has 0 amide bonds. The average molecular weight is 1150 g/mol. The van der Waals surface area contributed by atoms with Crippen LogP contribution in [-0.2, 0) is 29.4 Å². The Bertz CT molecular complexity index is 2710. The van der Waals surface area contributed by atoms with E-state index in [1.165, 1.54) is 161 Å². The number of rotatable bonds is 7. The molecular formula is C60H66BBrK3N2O6P. The van der Waals surface area contributed by atoms with Crippen LogP contribution in [0.3, 0.4) is 0 Å². The van der Waals surface area contributed by atoms with Gasteiger partial charge in [0.25, 0.3) is 0 Å². The second-order valence-corrected chi connectivity index (χ2v) is 24.5. The summed E-state index contributed by atoms with van der Waals surface area (Å²) in [5.41, 5.74) is 11.4. The van der Waals surface area contributed by atoms with Gasteiger partial charge in [-0.1, -0.05) is 113 Å². The molecule has 9 fully saturated rings. The zero-order valence-electron chi connectivity index (χ0n) is 44.6. The summed E-state index contributed by atoms with van der Waals surface area (Å²) < 4.78 is 24.7. The Balaban J connectivity index is 0.000000142. The van der Waals surface area contributed by atoms with Crippen LogP contribution >= 0.6 is 24.2 Å². The van der Waals surface area contributed by atoms with E-state index >= 15 is 0 Å². The third-order valence-electron chi connectivity index (χ3n) is 17.6. The fourth-order valence-corrected chi connectivity index (χ4v) is 14.7. The zero-order valence-corrected chi connectivity index (χ0v) is 56.4. The van der Waals surface area contributed by atoms with Crippen LogP contribution in [0.1, 0.15) is 116 Å². The smallest absolute Gasteiger partial charge is 0.0708 e. The van der Waals surface area contributed by atoms with E-state index in [9.17, 15) is 0 Å². The van der Waals surface area contributed by atoms with Crippen LogP contribution in [0.5, 0.6) is 0 Å². The van der Waals surface area contributed by atoms with Gasteiger partial charge in [-0.05, 0) is 220 Å². The number of hydrogen-bond donors (Lipinski definition) is 0. The van der Waals surface area contributed by atoms with Crippen molar-refractivity contribution >= 4 is 99.9 Å². The number of benzene rings is 4. The van der Waals surface area contributed by atoms with Crippen LogP contribution in [0, 0.1) is 35.5 Å². The molecule has 8 aliphatic carbocycles. The van der Waals surface area contributed by atoms with Crippen molar-refractivity contribution < 1.29 is 80.1 Å². The Labute approximate surface area is 537 Å². The first-order valence-electron chi connectivity index (χ1n) is 26.9. The fraction of sp³-hybridized carbons (Fsp3) is 0.433. The van der Waals surface area contributed by atoms with Gasteiger partial charge >= 0.3 is 130 Å². The number of pyridine rings is 2. The summed E-state index contributed by atoms with van der Waals surface area (Å²) in [6.07, 6.45) is 21.6. The standard InChI is InChI=1S/C27H27N.C17H20BNO2.C16H19Br.3K.HO4P/c1-2-4-23(5-3-1)26-15-24(10-11-28-26)22-6-8-25(9-7-22)27-16-19-12-20(17-27)14-21(13-19)18-27;1-16(2)17(3,4)21-18(20-16)14-10-11-19-15(12-14)13-8-6-5-7-9-13;17-15-3-1-14(2-4-15)16-8-11-5-12(9-16)7-13(6-11)10-16;;;;1-4-5(2)3/h1-11,15,19-21H,12-14,16-18H2;5-12H,1-4H3;1-4,11-13H,5-10H2;;;;1H/q;;;;;+1;/p-1. The van der Waals surface area contributed by atoms with Gasteiger partial charge < -0.3 is 19.5 Å². The van der Waals surface area contributed by atoms with Gasteiger partial charge in [-0.2, -0.15) is 0 Å². The molecule has 74 heavy (non-hydrogen) atoms. The van der Waals surface area contributed by atoms with Gasteiger partial charge in [0.1, 0.15) is 0 Å². The number of aromatic nitrogens is 2. The fourth-order valence-electron chi connectivity index (χ4n) is 14.5. The SMILES string of the molecule is Brc1ccc(C23CC4CC(CC(C4)C2)C3)cc1.CC1(C)OB(c2ccnc(-c3ccccc3)c2)OC1(C)C.O=[P+]([O-])O[O-].[K+].[K][K].c1ccc(-c2cc(-c3ccc(C45CC6CC(CC(C6)C4)C5)cc3)ccn2)cc1. The minimum atomic E-state index is -3.15. The topological polar surface area (TPSA) is 117 Å². The molecule has 0 spiro atoms. The Kier molecular flexibility index (Phi) is 22.2. The first-order valence-corrected chi connectivity index (χ1v) is 44.8. The maximum atomic E-state index is 8.87. The molecule has 14 heteroatoms. The molecule has 2 aromatic heterocycles. The molecule has 0 radical (unpaired) electrons. The molecule has 0 N–H and O–H groups in total. The van der Waals surface area contributed by atoms with Crippen LogP contribution in [0.25, 0.3) is 33.6 Å². The van der Waals surface area contributed by atoms with E-state index in [0.29, 0.717) is 10.8 Å². The van der Waals surface area contributed by atoms with Crippen molar-refractivity contribution in [2.45, 2.75) is 127 Å². The van der Waals surface area contributed by atoms with Gasteiger partial charge in [-0.3, -0.25) is 9.97 Å². The molecule has 370 valence electrons. The van der Waals surface area contributed by atoms with E-state index in [4.69, 9.17) is 24.0 Å². The molecule has 1 saturated heterocycles. The minimum absolute atomic E-state index is 0. The van der Waals surface area contributed by atoms with E-state index in [1.54, 1.807) is 11.1 Å². The second kappa shape index (κ2) is 27.1. The molecule has 9 aliphatic rings. The largest absolute Gasteiger partial charge is 0.256 e. The van der Waals surface area contributed by atoms with Gasteiger partial charge in [0.2, 0.25) is 0 Å². The predicted octanol–water partition coefficient (Wildman–Crippen LogP) is 9.39. The molecule has 1 unspecified atom stereocenters. The third kappa shape index (κ3) is 14.6. The van der Waals surface area contributed by atoms with Crippen molar-refractivity contribution in [3.63, 3.8) is 0 Å². The van der Waals surface area contributed by atoms with Gasteiger partial charge in [0.15, 0.2) is 0 Å². The normalized spacial score (nSPS) is 27.9. The number of halogens is 1. The van der Waals surface area contributed by atoms with Crippen molar-refractivity contribution in [3.05, 3.63) is 161 Å². The Hall–Kier alpha value is 0.534. The monoisotopic (exact) mass is 1150 g/mol. The van der Waals surface area contributed by atoms with Gasteiger partial charge in [0, 0.05) is 28.0 Å². The second-order valence-electron chi connectivity index (χ2n) is 23.0. The predicted molar refractivity (Wildman–Crippen MR) is 295 cm³/mol. The molecule has 8 nitrogen and oxygen atoms in total. The summed E-state index contributed by atoms with van der Waals surface area (Å²) >= 11 is 6.06. The summed E-state index contributed by atoms with van der Waals surface area (Å²) in [6.45, 7) is 8.25. The molecule has 1 atom stereocenters. The number of hydrogen-bond acceptors (Lipinski definition) is 8. The quantitative estimate of drug-likeness (QED) is 0.0673. The van der Waals surface area contributed by atoms with Crippen LogP contribution in [-0.4, -0.2) is 91.4 Å². The van der Waals surface area contributed by atoms with Crippen molar-refractivity contribution in [2.24, 2.45) is 35.5 Å². The van der Waals surface area contributed by atoms with Crippen LogP contribution in [0.4, 0.5) is 0 Å². The third-order valence-corrected chi connectivity index (χ3v) is 18.3. The van der Waals surface area contributed by atoms with E-state index in [0.717, 1.165) is 57.9 Å². The summed E-state index contributed by atoms with van der Waals surface area (Å²) in [7, 11) is -3.50. The van der Waals surface area contributed by atoms with Crippen molar-refractivity contribution in [1.82, 2.24) is 9.97 Å². The van der Waals surface area contributed by atoms with E-state index < -0.39 is 8.25 Å². The van der Waals surface area contributed by atoms with E-state index in [-0.39, 0.29) is 69.7 Å². The number of nitrogens with zero attached hydrogens (tertiary/aromatic N) is 2. The molecule has 6 aromatic rings. The van der Waals surface area contributed by atoms with E-state index in [1.807, 2.05) is 42.7 Å². The van der Waals surface area contributed by atoms with Crippen LogP contribution in [0.2, 0.25) is 0 Å². The minimum Gasteiger partial charge on any atom is -0.256 e. The zero-order chi connectivity index (χ0) is 51.4. The van der Waals surface area contributed by atoms with Gasteiger partial charge in [-0.15, -0.1) is 0 Å². The maximum Gasteiger partial charge on any atom is 0.0708 e. The van der Waals surface area contributed by atoms with Crippen LogP contribution in [0.15, 0.2) is 150 Å². The van der Waals surface area contributed by atoms with Crippen molar-refractivity contribution in [2.75, 3.05) is 0 Å². The Morgan fingerprint density at radius 3 is 1.31 bits per heavy atom. The van der Waals surface area contributed by atoms with Crippen molar-refractivity contribution in [3.8, 4) is 33.6 Å². The molecular weight excluding hydrogens is 1080 g/mol. The van der Waals surface area contributed by atoms with Crippen molar-refractivity contribution in [1.29, 1.82) is 0 Å². The van der Waals surface area contributed by atoms with Gasteiger partial charge in [-0.25, -0.2) is 4.67 Å². The first kappa shape index (κ1) is 60.6. The Morgan fingerprint density at radius 1 is 0.554 bits per heavy atom. The molecule has 3 heterocycles. The maximum absolute atomic E-state index is 8.87. The molecule has 8 bridgehead atoms. The average Bonchev–Trinajstić information content (AvgIpc) is 3.63. The summed E-state index contributed by atoms with van der Waals surface area (Å²) in [5.74, 6) is 6.14. The molecule has 15 rings (SSSR count). The summed E-state index contributed by atoms with van der Waals surface area (Å²) in [5, 5.41) is 8.53. The first-order chi connectivity index (χ1) is 35.2.